The summed E-state index contributed by atoms with van der Waals surface area (Å²) in [5, 5.41) is 9.69. The molecule has 0 heterocycles. The largest absolute Gasteiger partial charge is 0.458 e. The quantitative estimate of drug-likeness (QED) is 0.367. The molecule has 7 nitrogen and oxygen atoms in total. The zero-order valence-corrected chi connectivity index (χ0v) is 12.8. The lowest BCUT2D eigenvalue weighted by molar-refractivity contribution is -0.771. The molecule has 0 aliphatic heterocycles. The molecular formula is C15H17NO6. The smallest absolute Gasteiger partial charge is 0.347 e. The second-order valence-electron chi connectivity index (χ2n) is 6.31. The van der Waals surface area contributed by atoms with Gasteiger partial charge in [0.1, 0.15) is 5.60 Å². The molecule has 0 radical (unpaired) electrons. The van der Waals surface area contributed by atoms with Gasteiger partial charge in [0.25, 0.3) is 10.7 Å². The first-order valence-corrected chi connectivity index (χ1v) is 6.76. The normalized spacial score (nSPS) is 20.5. The van der Waals surface area contributed by atoms with Crippen molar-refractivity contribution in [2.24, 2.45) is 0 Å². The van der Waals surface area contributed by atoms with Crippen LogP contribution in [0.3, 0.4) is 0 Å². The molecule has 0 saturated heterocycles. The van der Waals surface area contributed by atoms with E-state index >= 15 is 0 Å². The van der Waals surface area contributed by atoms with Gasteiger partial charge in [-0.1, -0.05) is 17.7 Å². The summed E-state index contributed by atoms with van der Waals surface area (Å²) < 4.78 is 5.17. The predicted octanol–water partition coefficient (Wildman–Crippen LogP) is 2.02. The van der Waals surface area contributed by atoms with Gasteiger partial charge in [-0.15, -0.1) is 10.1 Å². The van der Waals surface area contributed by atoms with Crippen LogP contribution in [0.5, 0.6) is 0 Å². The van der Waals surface area contributed by atoms with Crippen LogP contribution in [-0.4, -0.2) is 28.0 Å². The number of ketones is 1. The minimum atomic E-state index is -2.26. The van der Waals surface area contributed by atoms with Crippen LogP contribution in [0, 0.1) is 17.0 Å². The third kappa shape index (κ3) is 2.79. The van der Waals surface area contributed by atoms with Crippen molar-refractivity contribution in [1.29, 1.82) is 0 Å². The average molecular weight is 307 g/mol. The van der Waals surface area contributed by atoms with E-state index in [9.17, 15) is 19.7 Å². The number of benzene rings is 1. The topological polar surface area (TPSA) is 95.7 Å². The number of carbonyl (C=O) groups is 2. The second kappa shape index (κ2) is 5.08. The van der Waals surface area contributed by atoms with Crippen molar-refractivity contribution in [3.05, 3.63) is 45.0 Å². The van der Waals surface area contributed by atoms with Crippen molar-refractivity contribution in [1.82, 2.24) is 0 Å². The van der Waals surface area contributed by atoms with E-state index in [1.54, 1.807) is 45.9 Å². The molecule has 0 saturated carbocycles. The number of fused-ring (bicyclic) bond motifs is 1. The standard InChI is InChI=1S/C15H17NO6/c1-9-5-6-10-8-15(22-16(19)20,12(17)11(10)7-9)13(18)21-14(2,3)4/h5-7H,8H2,1-4H3/t15-/m1/s1. The molecule has 0 aromatic heterocycles. The molecule has 7 heteroatoms. The van der Waals surface area contributed by atoms with Crippen molar-refractivity contribution in [3.8, 4) is 0 Å². The monoisotopic (exact) mass is 307 g/mol. The molecule has 0 fully saturated rings. The van der Waals surface area contributed by atoms with Gasteiger partial charge in [0.15, 0.2) is 0 Å². The van der Waals surface area contributed by atoms with E-state index in [0.717, 1.165) is 5.56 Å². The van der Waals surface area contributed by atoms with Gasteiger partial charge in [-0.3, -0.25) is 9.63 Å². The Hall–Kier alpha value is -2.44. The van der Waals surface area contributed by atoms with E-state index in [0.29, 0.717) is 5.56 Å². The Labute approximate surface area is 127 Å². The highest BCUT2D eigenvalue weighted by atomic mass is 17.0. The van der Waals surface area contributed by atoms with Crippen LogP contribution in [0.1, 0.15) is 42.3 Å². The van der Waals surface area contributed by atoms with Gasteiger partial charge in [-0.2, -0.15) is 0 Å². The number of aryl methyl sites for hydroxylation is 1. The van der Waals surface area contributed by atoms with Gasteiger partial charge >= 0.3 is 5.97 Å². The summed E-state index contributed by atoms with van der Waals surface area (Å²) >= 11 is 0. The maximum Gasteiger partial charge on any atom is 0.347 e. The lowest BCUT2D eigenvalue weighted by atomic mass is 9.98. The molecule has 1 aliphatic rings. The van der Waals surface area contributed by atoms with E-state index in [1.165, 1.54) is 0 Å². The highest BCUT2D eigenvalue weighted by molar-refractivity contribution is 6.19. The van der Waals surface area contributed by atoms with Crippen LogP contribution < -0.4 is 0 Å². The average Bonchev–Trinajstić information content (AvgIpc) is 2.61. The molecule has 1 atom stereocenters. The zero-order valence-electron chi connectivity index (χ0n) is 12.8. The summed E-state index contributed by atoms with van der Waals surface area (Å²) in [4.78, 5) is 40.4. The number of ether oxygens (including phenoxy) is 1. The Morgan fingerprint density at radius 3 is 2.55 bits per heavy atom. The van der Waals surface area contributed by atoms with Gasteiger partial charge in [0.05, 0.1) is 0 Å². The summed E-state index contributed by atoms with van der Waals surface area (Å²) in [7, 11) is 0. The maximum absolute atomic E-state index is 12.6. The second-order valence-corrected chi connectivity index (χ2v) is 6.31. The Morgan fingerprint density at radius 2 is 2.00 bits per heavy atom. The number of hydrogen-bond acceptors (Lipinski definition) is 6. The molecule has 1 aromatic carbocycles. The van der Waals surface area contributed by atoms with Crippen LogP contribution in [0.4, 0.5) is 0 Å². The minimum absolute atomic E-state index is 0.211. The first kappa shape index (κ1) is 15.9. The summed E-state index contributed by atoms with van der Waals surface area (Å²) in [6.07, 6.45) is -0.211. The molecule has 0 spiro atoms. The van der Waals surface area contributed by atoms with E-state index in [-0.39, 0.29) is 12.0 Å². The van der Waals surface area contributed by atoms with E-state index < -0.39 is 28.0 Å². The van der Waals surface area contributed by atoms with Crippen LogP contribution in [0.15, 0.2) is 18.2 Å². The summed E-state index contributed by atoms with van der Waals surface area (Å²) in [6.45, 7) is 6.62. The van der Waals surface area contributed by atoms with Crippen molar-refractivity contribution in [2.75, 3.05) is 0 Å². The number of carbonyl (C=O) groups excluding carboxylic acids is 2. The number of nitrogens with zero attached hydrogens (tertiary/aromatic N) is 1. The van der Waals surface area contributed by atoms with Gasteiger partial charge in [0.2, 0.25) is 5.78 Å². The summed E-state index contributed by atoms with van der Waals surface area (Å²) in [5.74, 6) is -1.78. The lowest BCUT2D eigenvalue weighted by Crippen LogP contribution is -2.51. The molecule has 0 N–H and O–H groups in total. The highest BCUT2D eigenvalue weighted by Gasteiger charge is 2.57. The fourth-order valence-electron chi connectivity index (χ4n) is 2.39. The number of hydrogen-bond donors (Lipinski definition) is 0. The minimum Gasteiger partial charge on any atom is -0.458 e. The van der Waals surface area contributed by atoms with Crippen molar-refractivity contribution in [3.63, 3.8) is 0 Å². The van der Waals surface area contributed by atoms with E-state index in [1.807, 2.05) is 0 Å². The third-order valence-corrected chi connectivity index (χ3v) is 3.28. The fourth-order valence-corrected chi connectivity index (χ4v) is 2.39. The molecule has 0 amide bonds. The van der Waals surface area contributed by atoms with Gasteiger partial charge in [0, 0.05) is 12.0 Å². The Morgan fingerprint density at radius 1 is 1.36 bits per heavy atom. The van der Waals surface area contributed by atoms with Crippen molar-refractivity contribution < 1.29 is 24.3 Å². The van der Waals surface area contributed by atoms with Crippen LogP contribution in [-0.2, 0) is 20.8 Å². The lowest BCUT2D eigenvalue weighted by Gasteiger charge is -2.28. The molecular weight excluding hydrogens is 290 g/mol. The van der Waals surface area contributed by atoms with Crippen molar-refractivity contribution >= 4 is 11.8 Å². The van der Waals surface area contributed by atoms with Crippen LogP contribution >= 0.6 is 0 Å². The highest BCUT2D eigenvalue weighted by Crippen LogP contribution is 2.35. The molecule has 22 heavy (non-hydrogen) atoms. The first-order valence-electron chi connectivity index (χ1n) is 6.76. The van der Waals surface area contributed by atoms with E-state index in [2.05, 4.69) is 4.84 Å². The molecule has 0 unspecified atom stereocenters. The van der Waals surface area contributed by atoms with Crippen molar-refractivity contribution in [2.45, 2.75) is 45.3 Å². The molecule has 1 aromatic rings. The maximum atomic E-state index is 12.6. The Bertz CT molecular complexity index is 660. The summed E-state index contributed by atoms with van der Waals surface area (Å²) in [5.41, 5.74) is -1.55. The molecule has 2 rings (SSSR count). The molecule has 1 aliphatic carbocycles. The number of esters is 1. The third-order valence-electron chi connectivity index (χ3n) is 3.28. The summed E-state index contributed by atoms with van der Waals surface area (Å²) in [6, 6.07) is 5.02. The number of rotatable bonds is 3. The van der Waals surface area contributed by atoms with Gasteiger partial charge in [-0.25, -0.2) is 4.79 Å². The molecule has 118 valence electrons. The van der Waals surface area contributed by atoms with Gasteiger partial charge in [-0.05, 0) is 39.3 Å². The Balaban J connectivity index is 2.47. The fraction of sp³-hybridized carbons (Fsp3) is 0.467. The zero-order chi connectivity index (χ0) is 16.7. The van der Waals surface area contributed by atoms with E-state index in [4.69, 9.17) is 4.74 Å². The number of Topliss-reactive ketones (excluding diaryl/α,β-unsaturated/α-hetero) is 1. The van der Waals surface area contributed by atoms with Gasteiger partial charge < -0.3 is 4.74 Å². The first-order chi connectivity index (χ1) is 10.0. The SMILES string of the molecule is Cc1ccc2c(c1)C(=O)[C@@](O[N+](=O)[O-])(C(=O)OC(C)(C)C)C2. The molecule has 0 bridgehead atoms. The van der Waals surface area contributed by atoms with Crippen LogP contribution in [0.25, 0.3) is 0 Å². The predicted molar refractivity (Wildman–Crippen MR) is 75.9 cm³/mol. The Kier molecular flexibility index (Phi) is 3.68. The van der Waals surface area contributed by atoms with Crippen LogP contribution in [0.2, 0.25) is 0 Å².